The van der Waals surface area contributed by atoms with E-state index in [2.05, 4.69) is 0 Å². The van der Waals surface area contributed by atoms with Gasteiger partial charge in [0.2, 0.25) is 0 Å². The fourth-order valence-electron chi connectivity index (χ4n) is 2.20. The van der Waals surface area contributed by atoms with Gasteiger partial charge < -0.3 is 9.15 Å². The first-order valence-corrected chi connectivity index (χ1v) is 7.12. The Balaban J connectivity index is 1.97. The van der Waals surface area contributed by atoms with Crippen molar-refractivity contribution in [2.45, 2.75) is 13.5 Å². The molecule has 0 atom stereocenters. The van der Waals surface area contributed by atoms with Crippen LogP contribution in [0.15, 0.2) is 45.6 Å². The van der Waals surface area contributed by atoms with E-state index in [1.807, 2.05) is 0 Å². The van der Waals surface area contributed by atoms with E-state index in [1.54, 1.807) is 19.1 Å². The van der Waals surface area contributed by atoms with Crippen LogP contribution in [0.25, 0.3) is 11.0 Å². The molecule has 0 N–H and O–H groups in total. The molecule has 0 radical (unpaired) electrons. The first-order chi connectivity index (χ1) is 10.9. The summed E-state index contributed by atoms with van der Waals surface area (Å²) in [7, 11) is 0. The molecule has 1 aromatic heterocycles. The van der Waals surface area contributed by atoms with Gasteiger partial charge in [-0.2, -0.15) is 0 Å². The van der Waals surface area contributed by atoms with Crippen LogP contribution in [0.4, 0.5) is 8.78 Å². The summed E-state index contributed by atoms with van der Waals surface area (Å²) in [5.41, 5.74) is 1.19. The molecule has 6 heteroatoms. The highest BCUT2D eigenvalue weighted by molar-refractivity contribution is 6.32. The van der Waals surface area contributed by atoms with Gasteiger partial charge in [0, 0.05) is 28.1 Å². The molecule has 0 bridgehead atoms. The minimum Gasteiger partial charge on any atom is -0.489 e. The molecule has 0 fully saturated rings. The number of rotatable bonds is 3. The minimum atomic E-state index is -1.00. The van der Waals surface area contributed by atoms with Gasteiger partial charge in [-0.15, -0.1) is 0 Å². The van der Waals surface area contributed by atoms with Crippen molar-refractivity contribution in [3.63, 3.8) is 0 Å². The predicted molar refractivity (Wildman–Crippen MR) is 82.9 cm³/mol. The molecular weight excluding hydrogens is 326 g/mol. The van der Waals surface area contributed by atoms with Gasteiger partial charge in [0.25, 0.3) is 0 Å². The van der Waals surface area contributed by atoms with Crippen molar-refractivity contribution in [2.75, 3.05) is 0 Å². The molecule has 3 rings (SSSR count). The van der Waals surface area contributed by atoms with Gasteiger partial charge in [-0.25, -0.2) is 13.6 Å². The molecule has 2 aromatic carbocycles. The average Bonchev–Trinajstić information content (AvgIpc) is 2.50. The van der Waals surface area contributed by atoms with E-state index >= 15 is 0 Å². The topological polar surface area (TPSA) is 39.4 Å². The normalized spacial score (nSPS) is 11.0. The summed E-state index contributed by atoms with van der Waals surface area (Å²) < 4.78 is 36.7. The zero-order chi connectivity index (χ0) is 16.6. The van der Waals surface area contributed by atoms with Crippen LogP contribution < -0.4 is 10.4 Å². The van der Waals surface area contributed by atoms with Crippen molar-refractivity contribution in [3.8, 4) is 5.75 Å². The van der Waals surface area contributed by atoms with E-state index in [0.29, 0.717) is 21.6 Å². The van der Waals surface area contributed by atoms with Crippen molar-refractivity contribution >= 4 is 22.6 Å². The second-order valence-electron chi connectivity index (χ2n) is 5.05. The van der Waals surface area contributed by atoms with E-state index in [4.69, 9.17) is 20.8 Å². The summed E-state index contributed by atoms with van der Waals surface area (Å²) in [6, 6.07) is 7.86. The second kappa shape index (κ2) is 6.01. The summed E-state index contributed by atoms with van der Waals surface area (Å²) >= 11 is 6.10. The van der Waals surface area contributed by atoms with Crippen molar-refractivity contribution < 1.29 is 17.9 Å². The number of benzene rings is 2. The number of aryl methyl sites for hydroxylation is 1. The fraction of sp³-hybridized carbons (Fsp3) is 0.118. The lowest BCUT2D eigenvalue weighted by atomic mass is 10.1. The van der Waals surface area contributed by atoms with Gasteiger partial charge in [-0.3, -0.25) is 0 Å². The first-order valence-electron chi connectivity index (χ1n) is 6.75. The van der Waals surface area contributed by atoms with E-state index in [9.17, 15) is 13.6 Å². The van der Waals surface area contributed by atoms with Crippen molar-refractivity contribution in [2.24, 2.45) is 0 Å². The summed E-state index contributed by atoms with van der Waals surface area (Å²) in [4.78, 5) is 11.6. The van der Waals surface area contributed by atoms with Gasteiger partial charge in [0.1, 0.15) is 17.9 Å². The summed E-state index contributed by atoms with van der Waals surface area (Å²) in [5.74, 6) is -1.80. The standard InChI is InChI=1S/C17H11ClF2O3/c1-9-4-16-12(7-13(9)18)10(5-17(21)23-16)8-22-11-2-3-14(19)15(20)6-11/h2-7H,8H2,1H3. The van der Waals surface area contributed by atoms with Crippen LogP contribution in [0, 0.1) is 18.6 Å². The summed E-state index contributed by atoms with van der Waals surface area (Å²) in [5, 5.41) is 1.16. The van der Waals surface area contributed by atoms with Crippen LogP contribution in [0.2, 0.25) is 5.02 Å². The fourth-order valence-corrected chi connectivity index (χ4v) is 2.36. The summed E-state index contributed by atoms with van der Waals surface area (Å²) in [6.07, 6.45) is 0. The number of ether oxygens (including phenoxy) is 1. The molecule has 3 nitrogen and oxygen atoms in total. The molecule has 0 aliphatic rings. The van der Waals surface area contributed by atoms with Crippen LogP contribution in [0.5, 0.6) is 5.75 Å². The van der Waals surface area contributed by atoms with E-state index < -0.39 is 17.3 Å². The molecule has 0 spiro atoms. The van der Waals surface area contributed by atoms with Gasteiger partial charge >= 0.3 is 5.63 Å². The first kappa shape index (κ1) is 15.5. The molecule has 0 saturated heterocycles. The molecule has 3 aromatic rings. The van der Waals surface area contributed by atoms with Gasteiger partial charge in [-0.05, 0) is 36.8 Å². The molecule has 23 heavy (non-hydrogen) atoms. The quantitative estimate of drug-likeness (QED) is 0.656. The van der Waals surface area contributed by atoms with Gasteiger partial charge in [-0.1, -0.05) is 11.6 Å². The Morgan fingerprint density at radius 3 is 2.65 bits per heavy atom. The number of fused-ring (bicyclic) bond motifs is 1. The lowest BCUT2D eigenvalue weighted by molar-refractivity contribution is 0.303. The Labute approximate surface area is 135 Å². The molecule has 0 aliphatic heterocycles. The average molecular weight is 337 g/mol. The molecule has 0 saturated carbocycles. The Morgan fingerprint density at radius 2 is 1.91 bits per heavy atom. The smallest absolute Gasteiger partial charge is 0.336 e. The lowest BCUT2D eigenvalue weighted by Crippen LogP contribution is -2.04. The maximum Gasteiger partial charge on any atom is 0.336 e. The highest BCUT2D eigenvalue weighted by atomic mass is 35.5. The Hall–Kier alpha value is -2.40. The van der Waals surface area contributed by atoms with Crippen LogP contribution >= 0.6 is 11.6 Å². The van der Waals surface area contributed by atoms with Crippen LogP contribution in [-0.2, 0) is 6.61 Å². The van der Waals surface area contributed by atoms with Crippen LogP contribution in [0.1, 0.15) is 11.1 Å². The molecule has 0 aliphatic carbocycles. The maximum absolute atomic E-state index is 13.2. The number of halogens is 3. The molecule has 0 unspecified atom stereocenters. The zero-order valence-electron chi connectivity index (χ0n) is 12.0. The van der Waals surface area contributed by atoms with Gasteiger partial charge in [0.05, 0.1) is 0 Å². The predicted octanol–water partition coefficient (Wildman–Crippen LogP) is 4.61. The third kappa shape index (κ3) is 3.19. The number of hydrogen-bond acceptors (Lipinski definition) is 3. The number of hydrogen-bond donors (Lipinski definition) is 0. The molecular formula is C17H11ClF2O3. The van der Waals surface area contributed by atoms with Crippen LogP contribution in [0.3, 0.4) is 0 Å². The molecule has 0 amide bonds. The second-order valence-corrected chi connectivity index (χ2v) is 5.46. The third-order valence-corrected chi connectivity index (χ3v) is 3.80. The SMILES string of the molecule is Cc1cc2oc(=O)cc(COc3ccc(F)c(F)c3)c2cc1Cl. The van der Waals surface area contributed by atoms with E-state index in [-0.39, 0.29) is 12.4 Å². The van der Waals surface area contributed by atoms with Gasteiger partial charge in [0.15, 0.2) is 11.6 Å². The molecule has 1 heterocycles. The Bertz CT molecular complexity index is 950. The van der Waals surface area contributed by atoms with E-state index in [0.717, 1.165) is 17.7 Å². The highest BCUT2D eigenvalue weighted by Crippen LogP contribution is 2.26. The molecule has 118 valence electrons. The maximum atomic E-state index is 13.2. The zero-order valence-corrected chi connectivity index (χ0v) is 12.8. The van der Waals surface area contributed by atoms with Crippen LogP contribution in [-0.4, -0.2) is 0 Å². The Kier molecular flexibility index (Phi) is 4.05. The van der Waals surface area contributed by atoms with E-state index in [1.165, 1.54) is 12.1 Å². The van der Waals surface area contributed by atoms with Crippen molar-refractivity contribution in [3.05, 3.63) is 74.6 Å². The highest BCUT2D eigenvalue weighted by Gasteiger charge is 2.10. The van der Waals surface area contributed by atoms with Crippen molar-refractivity contribution in [1.82, 2.24) is 0 Å². The minimum absolute atomic E-state index is 0.00738. The monoisotopic (exact) mass is 336 g/mol. The third-order valence-electron chi connectivity index (χ3n) is 3.39. The largest absolute Gasteiger partial charge is 0.489 e. The lowest BCUT2D eigenvalue weighted by Gasteiger charge is -2.09. The van der Waals surface area contributed by atoms with Crippen molar-refractivity contribution in [1.29, 1.82) is 0 Å². The Morgan fingerprint density at radius 1 is 1.13 bits per heavy atom. The summed E-state index contributed by atoms with van der Waals surface area (Å²) in [6.45, 7) is 1.79.